The molecular weight excluding hydrogens is 247 g/mol. The molecule has 1 amide bonds. The Morgan fingerprint density at radius 3 is 2.89 bits per heavy atom. The van der Waals surface area contributed by atoms with Crippen molar-refractivity contribution in [2.24, 2.45) is 5.73 Å². The molecule has 2 rings (SSSR count). The summed E-state index contributed by atoms with van der Waals surface area (Å²) >= 11 is 0. The van der Waals surface area contributed by atoms with Crippen molar-refractivity contribution in [3.8, 4) is 0 Å². The lowest BCUT2D eigenvalue weighted by molar-refractivity contribution is -0.125. The van der Waals surface area contributed by atoms with Gasteiger partial charge in [-0.1, -0.05) is 18.2 Å². The summed E-state index contributed by atoms with van der Waals surface area (Å²) < 4.78 is 18.9. The number of halogens is 1. The van der Waals surface area contributed by atoms with Gasteiger partial charge in [0.2, 0.25) is 5.91 Å². The number of amides is 1. The maximum Gasteiger partial charge on any atom is 0.224 e. The van der Waals surface area contributed by atoms with Crippen LogP contribution in [-0.4, -0.2) is 30.7 Å². The molecule has 0 saturated heterocycles. The highest BCUT2D eigenvalue weighted by molar-refractivity contribution is 5.79. The largest absolute Gasteiger partial charge is 0.376 e. The number of rotatable bonds is 5. The van der Waals surface area contributed by atoms with E-state index in [4.69, 9.17) is 10.5 Å². The first kappa shape index (κ1) is 14.0. The van der Waals surface area contributed by atoms with Gasteiger partial charge in [-0.05, 0) is 25.0 Å². The van der Waals surface area contributed by atoms with E-state index in [1.807, 2.05) is 6.92 Å². The Bertz CT molecular complexity index is 451. The van der Waals surface area contributed by atoms with Gasteiger partial charge in [0.15, 0.2) is 0 Å². The predicted molar refractivity (Wildman–Crippen MR) is 70.0 cm³/mol. The molecular formula is C14H19FN2O2. The Morgan fingerprint density at radius 1 is 1.53 bits per heavy atom. The monoisotopic (exact) mass is 266 g/mol. The van der Waals surface area contributed by atoms with Crippen LogP contribution in [0.25, 0.3) is 0 Å². The second-order valence-corrected chi connectivity index (χ2v) is 4.75. The van der Waals surface area contributed by atoms with Crippen LogP contribution in [0.3, 0.4) is 0 Å². The highest BCUT2D eigenvalue weighted by atomic mass is 19.1. The number of nitrogens with two attached hydrogens (primary N) is 1. The van der Waals surface area contributed by atoms with Gasteiger partial charge in [-0.3, -0.25) is 4.79 Å². The number of benzene rings is 1. The molecule has 1 aliphatic carbocycles. The Labute approximate surface area is 112 Å². The van der Waals surface area contributed by atoms with Crippen molar-refractivity contribution in [2.45, 2.75) is 38.0 Å². The van der Waals surface area contributed by atoms with Crippen molar-refractivity contribution < 1.29 is 13.9 Å². The van der Waals surface area contributed by atoms with Crippen LogP contribution in [0, 0.1) is 5.82 Å². The first-order valence-electron chi connectivity index (χ1n) is 6.51. The SMILES string of the molecule is CCOC1CC(N)C1NC(=O)Cc1ccccc1F. The fourth-order valence-electron chi connectivity index (χ4n) is 2.28. The molecule has 3 unspecified atom stereocenters. The van der Waals surface area contributed by atoms with Crippen LogP contribution < -0.4 is 11.1 Å². The highest BCUT2D eigenvalue weighted by Crippen LogP contribution is 2.22. The van der Waals surface area contributed by atoms with Crippen LogP contribution in [0.2, 0.25) is 0 Å². The van der Waals surface area contributed by atoms with Crippen molar-refractivity contribution in [1.29, 1.82) is 0 Å². The maximum atomic E-state index is 13.4. The summed E-state index contributed by atoms with van der Waals surface area (Å²) in [6.45, 7) is 2.50. The summed E-state index contributed by atoms with van der Waals surface area (Å²) in [7, 11) is 0. The number of carbonyl (C=O) groups excluding carboxylic acids is 1. The average Bonchev–Trinajstić information content (AvgIpc) is 2.39. The molecule has 0 aliphatic heterocycles. The van der Waals surface area contributed by atoms with Crippen molar-refractivity contribution in [1.82, 2.24) is 5.32 Å². The molecule has 0 heterocycles. The number of hydrogen-bond donors (Lipinski definition) is 2. The average molecular weight is 266 g/mol. The second kappa shape index (κ2) is 6.12. The summed E-state index contributed by atoms with van der Waals surface area (Å²) in [5.41, 5.74) is 6.24. The number of hydrogen-bond acceptors (Lipinski definition) is 3. The van der Waals surface area contributed by atoms with Gasteiger partial charge < -0.3 is 15.8 Å². The number of ether oxygens (including phenoxy) is 1. The van der Waals surface area contributed by atoms with E-state index in [2.05, 4.69) is 5.32 Å². The van der Waals surface area contributed by atoms with E-state index in [-0.39, 0.29) is 36.3 Å². The molecule has 3 N–H and O–H groups in total. The van der Waals surface area contributed by atoms with Crippen molar-refractivity contribution in [3.05, 3.63) is 35.6 Å². The van der Waals surface area contributed by atoms with Gasteiger partial charge in [0.1, 0.15) is 5.82 Å². The lowest BCUT2D eigenvalue weighted by atomic mass is 9.83. The van der Waals surface area contributed by atoms with Gasteiger partial charge in [0.25, 0.3) is 0 Å². The summed E-state index contributed by atoms with van der Waals surface area (Å²) in [5.74, 6) is -0.591. The fourth-order valence-corrected chi connectivity index (χ4v) is 2.28. The van der Waals surface area contributed by atoms with Gasteiger partial charge in [-0.2, -0.15) is 0 Å². The summed E-state index contributed by atoms with van der Waals surface area (Å²) in [6, 6.07) is 6.02. The highest BCUT2D eigenvalue weighted by Gasteiger charge is 2.40. The molecule has 1 aromatic carbocycles. The topological polar surface area (TPSA) is 64.3 Å². The Hall–Kier alpha value is -1.46. The fraction of sp³-hybridized carbons (Fsp3) is 0.500. The zero-order valence-electron chi connectivity index (χ0n) is 10.9. The molecule has 3 atom stereocenters. The smallest absolute Gasteiger partial charge is 0.224 e. The predicted octanol–water partition coefficient (Wildman–Crippen LogP) is 0.989. The van der Waals surface area contributed by atoms with Crippen molar-refractivity contribution in [3.63, 3.8) is 0 Å². The number of nitrogens with one attached hydrogen (secondary N) is 1. The van der Waals surface area contributed by atoms with Crippen LogP contribution >= 0.6 is 0 Å². The Morgan fingerprint density at radius 2 is 2.26 bits per heavy atom. The van der Waals surface area contributed by atoms with Crippen molar-refractivity contribution in [2.75, 3.05) is 6.61 Å². The molecule has 0 spiro atoms. The number of carbonyl (C=O) groups is 1. The van der Waals surface area contributed by atoms with Crippen LogP contribution in [0.5, 0.6) is 0 Å². The molecule has 0 radical (unpaired) electrons. The van der Waals surface area contributed by atoms with E-state index in [0.717, 1.165) is 6.42 Å². The van der Waals surface area contributed by atoms with Gasteiger partial charge in [-0.15, -0.1) is 0 Å². The molecule has 1 saturated carbocycles. The summed E-state index contributed by atoms with van der Waals surface area (Å²) in [5, 5.41) is 2.82. The molecule has 0 aromatic heterocycles. The second-order valence-electron chi connectivity index (χ2n) is 4.75. The molecule has 5 heteroatoms. The standard InChI is InChI=1S/C14H19FN2O2/c1-2-19-12-8-11(16)14(12)17-13(18)7-9-5-3-4-6-10(9)15/h3-6,11-12,14H,2,7-8,16H2,1H3,(H,17,18). The van der Waals surface area contributed by atoms with Gasteiger partial charge in [0, 0.05) is 12.6 Å². The lowest BCUT2D eigenvalue weighted by Crippen LogP contribution is -2.65. The van der Waals surface area contributed by atoms with E-state index < -0.39 is 0 Å². The first-order valence-corrected chi connectivity index (χ1v) is 6.51. The minimum Gasteiger partial charge on any atom is -0.376 e. The Balaban J connectivity index is 1.89. The van der Waals surface area contributed by atoms with Crippen LogP contribution in [0.1, 0.15) is 18.9 Å². The maximum absolute atomic E-state index is 13.4. The lowest BCUT2D eigenvalue weighted by Gasteiger charge is -2.42. The molecule has 1 aliphatic rings. The van der Waals surface area contributed by atoms with E-state index in [1.54, 1.807) is 18.2 Å². The first-order chi connectivity index (χ1) is 9.11. The van der Waals surface area contributed by atoms with Crippen LogP contribution in [-0.2, 0) is 16.0 Å². The molecule has 0 bridgehead atoms. The zero-order valence-corrected chi connectivity index (χ0v) is 10.9. The molecule has 1 aromatic rings. The zero-order chi connectivity index (χ0) is 13.8. The van der Waals surface area contributed by atoms with Gasteiger partial charge in [-0.25, -0.2) is 4.39 Å². The molecule has 104 valence electrons. The molecule has 4 nitrogen and oxygen atoms in total. The van der Waals surface area contributed by atoms with Gasteiger partial charge >= 0.3 is 0 Å². The van der Waals surface area contributed by atoms with Crippen LogP contribution in [0.15, 0.2) is 24.3 Å². The summed E-state index contributed by atoms with van der Waals surface area (Å²) in [6.07, 6.45) is 0.748. The van der Waals surface area contributed by atoms with E-state index in [1.165, 1.54) is 6.07 Å². The summed E-state index contributed by atoms with van der Waals surface area (Å²) in [4.78, 5) is 11.9. The minimum absolute atomic E-state index is 0.0226. The Kier molecular flexibility index (Phi) is 4.50. The van der Waals surface area contributed by atoms with Crippen LogP contribution in [0.4, 0.5) is 4.39 Å². The third-order valence-corrected chi connectivity index (χ3v) is 3.38. The molecule has 19 heavy (non-hydrogen) atoms. The molecule has 1 fully saturated rings. The normalized spacial score (nSPS) is 25.7. The van der Waals surface area contributed by atoms with Gasteiger partial charge in [0.05, 0.1) is 18.6 Å². The third kappa shape index (κ3) is 3.30. The third-order valence-electron chi connectivity index (χ3n) is 3.38. The van der Waals surface area contributed by atoms with Crippen molar-refractivity contribution >= 4 is 5.91 Å². The van der Waals surface area contributed by atoms with E-state index in [9.17, 15) is 9.18 Å². The van der Waals surface area contributed by atoms with E-state index in [0.29, 0.717) is 12.2 Å². The quantitative estimate of drug-likeness (QED) is 0.835. The van der Waals surface area contributed by atoms with E-state index >= 15 is 0 Å². The minimum atomic E-state index is -0.364.